The summed E-state index contributed by atoms with van der Waals surface area (Å²) in [6, 6.07) is 11.3. The first kappa shape index (κ1) is 14.9. The molecule has 0 unspecified atom stereocenters. The van der Waals surface area contributed by atoms with E-state index in [9.17, 15) is 0 Å². The minimum absolute atomic E-state index is 0.376. The molecule has 2 heteroatoms. The lowest BCUT2D eigenvalue weighted by molar-refractivity contribution is 0.569. The molecule has 0 radical (unpaired) electrons. The Hall–Kier alpha value is -1.54. The zero-order valence-corrected chi connectivity index (χ0v) is 13.3. The van der Waals surface area contributed by atoms with E-state index in [4.69, 9.17) is 0 Å². The van der Waals surface area contributed by atoms with Gasteiger partial charge >= 0.3 is 0 Å². The van der Waals surface area contributed by atoms with E-state index in [1.54, 1.807) is 0 Å². The van der Waals surface area contributed by atoms with Crippen LogP contribution in [0.4, 0.5) is 0 Å². The van der Waals surface area contributed by atoms with Crippen LogP contribution >= 0.6 is 0 Å². The molecule has 0 aliphatic rings. The van der Waals surface area contributed by atoms with Crippen molar-refractivity contribution in [2.24, 2.45) is 0 Å². The quantitative estimate of drug-likeness (QED) is 0.858. The number of nitrogens with zero attached hydrogens (tertiary/aromatic N) is 1. The molecule has 1 aromatic carbocycles. The van der Waals surface area contributed by atoms with E-state index >= 15 is 0 Å². The number of aromatic nitrogens is 1. The Morgan fingerprint density at radius 2 is 1.85 bits per heavy atom. The van der Waals surface area contributed by atoms with Crippen LogP contribution in [0.1, 0.15) is 48.0 Å². The Bertz CT molecular complexity index is 581. The number of hydrogen-bond donors (Lipinski definition) is 1. The molecule has 0 saturated carbocycles. The summed E-state index contributed by atoms with van der Waals surface area (Å²) in [7, 11) is 0. The van der Waals surface area contributed by atoms with Crippen LogP contribution in [0, 0.1) is 20.8 Å². The summed E-state index contributed by atoms with van der Waals surface area (Å²) < 4.78 is 2.37. The summed E-state index contributed by atoms with van der Waals surface area (Å²) in [6.45, 7) is 13.0. The molecule has 2 rings (SSSR count). The lowest BCUT2D eigenvalue weighted by Gasteiger charge is -2.16. The highest BCUT2D eigenvalue weighted by Gasteiger charge is 2.11. The van der Waals surface area contributed by atoms with E-state index in [1.165, 1.54) is 28.1 Å². The normalized spacial score (nSPS) is 12.7. The van der Waals surface area contributed by atoms with Gasteiger partial charge in [0.1, 0.15) is 0 Å². The van der Waals surface area contributed by atoms with E-state index < -0.39 is 0 Å². The maximum atomic E-state index is 3.65. The van der Waals surface area contributed by atoms with Crippen molar-refractivity contribution in [1.82, 2.24) is 9.88 Å². The molecule has 0 spiro atoms. The summed E-state index contributed by atoms with van der Waals surface area (Å²) in [6.07, 6.45) is 0. The monoisotopic (exact) mass is 270 g/mol. The van der Waals surface area contributed by atoms with E-state index in [1.807, 2.05) is 0 Å². The third-order valence-electron chi connectivity index (χ3n) is 4.25. The fourth-order valence-electron chi connectivity index (χ4n) is 2.98. The molecule has 1 heterocycles. The van der Waals surface area contributed by atoms with Crippen LogP contribution in [0.15, 0.2) is 30.3 Å². The van der Waals surface area contributed by atoms with Gasteiger partial charge in [-0.1, -0.05) is 24.3 Å². The molecule has 1 atom stereocenters. The van der Waals surface area contributed by atoms with E-state index in [2.05, 4.69) is 74.8 Å². The molecular formula is C18H26N2. The molecule has 0 bridgehead atoms. The Balaban J connectivity index is 2.08. The predicted octanol–water partition coefficient (Wildman–Crippen LogP) is 4.28. The average Bonchev–Trinajstić information content (AvgIpc) is 2.70. The van der Waals surface area contributed by atoms with Crippen molar-refractivity contribution >= 4 is 0 Å². The largest absolute Gasteiger partial charge is 0.349 e. The van der Waals surface area contributed by atoms with Gasteiger partial charge < -0.3 is 9.88 Å². The summed E-state index contributed by atoms with van der Waals surface area (Å²) in [5.41, 5.74) is 6.88. The minimum atomic E-state index is 0.376. The minimum Gasteiger partial charge on any atom is -0.349 e. The predicted molar refractivity (Wildman–Crippen MR) is 86.0 cm³/mol. The second-order valence-corrected chi connectivity index (χ2v) is 5.60. The molecule has 0 fully saturated rings. The van der Waals surface area contributed by atoms with Gasteiger partial charge in [-0.2, -0.15) is 0 Å². The van der Waals surface area contributed by atoms with Gasteiger partial charge in [0.25, 0.3) is 0 Å². The Morgan fingerprint density at radius 1 is 1.15 bits per heavy atom. The SMILES string of the molecule is CCn1c(C)cc(CN[C@H](C)c2ccccc2C)c1C. The van der Waals surface area contributed by atoms with Crippen LogP contribution in [0.3, 0.4) is 0 Å². The highest BCUT2D eigenvalue weighted by Crippen LogP contribution is 2.19. The number of rotatable bonds is 5. The number of hydrogen-bond acceptors (Lipinski definition) is 1. The lowest BCUT2D eigenvalue weighted by atomic mass is 10.0. The average molecular weight is 270 g/mol. The van der Waals surface area contributed by atoms with E-state index in [0.717, 1.165) is 13.1 Å². The van der Waals surface area contributed by atoms with Crippen molar-refractivity contribution in [2.45, 2.75) is 53.8 Å². The van der Waals surface area contributed by atoms with Gasteiger partial charge in [0.15, 0.2) is 0 Å². The second kappa shape index (κ2) is 6.27. The molecular weight excluding hydrogens is 244 g/mol. The van der Waals surface area contributed by atoms with Crippen LogP contribution in [0.25, 0.3) is 0 Å². The fraction of sp³-hybridized carbons (Fsp3) is 0.444. The van der Waals surface area contributed by atoms with Gasteiger partial charge in [-0.3, -0.25) is 0 Å². The van der Waals surface area contributed by atoms with Crippen LogP contribution in [-0.2, 0) is 13.1 Å². The highest BCUT2D eigenvalue weighted by atomic mass is 15.0. The van der Waals surface area contributed by atoms with Crippen molar-refractivity contribution in [3.8, 4) is 0 Å². The smallest absolute Gasteiger partial charge is 0.0297 e. The van der Waals surface area contributed by atoms with Gasteiger partial charge in [0.05, 0.1) is 0 Å². The standard InChI is InChI=1S/C18H26N2/c1-6-20-14(3)11-17(16(20)5)12-19-15(4)18-10-8-7-9-13(18)2/h7-11,15,19H,6,12H2,1-5H3/t15-/m1/s1. The van der Waals surface area contributed by atoms with Crippen molar-refractivity contribution in [3.05, 3.63) is 58.4 Å². The first-order valence-electron chi connectivity index (χ1n) is 7.49. The highest BCUT2D eigenvalue weighted by molar-refractivity contribution is 5.29. The molecule has 1 aromatic heterocycles. The van der Waals surface area contributed by atoms with Crippen LogP contribution in [0.2, 0.25) is 0 Å². The summed E-state index contributed by atoms with van der Waals surface area (Å²) in [5.74, 6) is 0. The van der Waals surface area contributed by atoms with Gasteiger partial charge in [-0.05, 0) is 57.4 Å². The Kier molecular flexibility index (Phi) is 4.66. The van der Waals surface area contributed by atoms with Crippen molar-refractivity contribution in [2.75, 3.05) is 0 Å². The third kappa shape index (κ3) is 2.96. The van der Waals surface area contributed by atoms with Crippen LogP contribution in [-0.4, -0.2) is 4.57 Å². The molecule has 0 saturated heterocycles. The zero-order chi connectivity index (χ0) is 14.7. The summed E-state index contributed by atoms with van der Waals surface area (Å²) in [5, 5.41) is 3.65. The van der Waals surface area contributed by atoms with E-state index in [0.29, 0.717) is 6.04 Å². The summed E-state index contributed by atoms with van der Waals surface area (Å²) in [4.78, 5) is 0. The van der Waals surface area contributed by atoms with Crippen molar-refractivity contribution < 1.29 is 0 Å². The molecule has 2 aromatic rings. The van der Waals surface area contributed by atoms with Crippen LogP contribution < -0.4 is 5.32 Å². The van der Waals surface area contributed by atoms with Gasteiger partial charge in [0.2, 0.25) is 0 Å². The lowest BCUT2D eigenvalue weighted by Crippen LogP contribution is -2.19. The number of aryl methyl sites for hydroxylation is 2. The molecule has 1 N–H and O–H groups in total. The van der Waals surface area contributed by atoms with Gasteiger partial charge in [0, 0.05) is 30.5 Å². The van der Waals surface area contributed by atoms with Crippen molar-refractivity contribution in [3.63, 3.8) is 0 Å². The molecule has 108 valence electrons. The molecule has 2 nitrogen and oxygen atoms in total. The number of benzene rings is 1. The van der Waals surface area contributed by atoms with Gasteiger partial charge in [-0.25, -0.2) is 0 Å². The third-order valence-corrected chi connectivity index (χ3v) is 4.25. The Morgan fingerprint density at radius 3 is 2.45 bits per heavy atom. The second-order valence-electron chi connectivity index (χ2n) is 5.60. The van der Waals surface area contributed by atoms with E-state index in [-0.39, 0.29) is 0 Å². The molecule has 0 aliphatic heterocycles. The first-order chi connectivity index (χ1) is 9.54. The first-order valence-corrected chi connectivity index (χ1v) is 7.49. The van der Waals surface area contributed by atoms with Crippen molar-refractivity contribution in [1.29, 1.82) is 0 Å². The molecule has 20 heavy (non-hydrogen) atoms. The number of nitrogens with one attached hydrogen (secondary N) is 1. The van der Waals surface area contributed by atoms with Gasteiger partial charge in [-0.15, -0.1) is 0 Å². The maximum absolute atomic E-state index is 3.65. The zero-order valence-electron chi connectivity index (χ0n) is 13.3. The Labute approximate surface area is 122 Å². The molecule has 0 amide bonds. The fourth-order valence-corrected chi connectivity index (χ4v) is 2.98. The molecule has 0 aliphatic carbocycles. The summed E-state index contributed by atoms with van der Waals surface area (Å²) >= 11 is 0. The maximum Gasteiger partial charge on any atom is 0.0297 e. The topological polar surface area (TPSA) is 17.0 Å². The van der Waals surface area contributed by atoms with Crippen LogP contribution in [0.5, 0.6) is 0 Å².